The summed E-state index contributed by atoms with van der Waals surface area (Å²) in [5, 5.41) is 6.40. The highest BCUT2D eigenvalue weighted by Crippen LogP contribution is 2.30. The van der Waals surface area contributed by atoms with Gasteiger partial charge in [0.15, 0.2) is 17.5 Å². The average molecular weight is 429 g/mol. The number of hydrogen-bond donors (Lipinski definition) is 3. The van der Waals surface area contributed by atoms with Gasteiger partial charge in [0, 0.05) is 19.6 Å². The Morgan fingerprint density at radius 3 is 2.72 bits per heavy atom. The van der Waals surface area contributed by atoms with E-state index in [1.807, 2.05) is 19.9 Å². The van der Waals surface area contributed by atoms with Crippen molar-refractivity contribution in [3.8, 4) is 5.75 Å². The lowest BCUT2D eigenvalue weighted by Gasteiger charge is -2.19. The number of aliphatic imine (C=N–C) groups is 1. The molecule has 0 amide bonds. The molecule has 1 aliphatic rings. The van der Waals surface area contributed by atoms with Crippen LogP contribution in [0.1, 0.15) is 51.6 Å². The first-order chi connectivity index (χ1) is 13.8. The van der Waals surface area contributed by atoms with Gasteiger partial charge in [-0.2, -0.15) is 0 Å². The van der Waals surface area contributed by atoms with Crippen molar-refractivity contribution in [2.45, 2.75) is 46.1 Å². The topological polar surface area (TPSA) is 91.8 Å². The van der Waals surface area contributed by atoms with Crippen molar-refractivity contribution >= 4 is 16.0 Å². The minimum atomic E-state index is -3.17. The minimum Gasteiger partial charge on any atom is -0.490 e. The summed E-state index contributed by atoms with van der Waals surface area (Å²) in [4.78, 5) is 4.46. The molecule has 3 N–H and O–H groups in total. The summed E-state index contributed by atoms with van der Waals surface area (Å²) < 4.78 is 45.2. The minimum absolute atomic E-state index is 0.0684. The predicted octanol–water partition coefficient (Wildman–Crippen LogP) is 2.56. The van der Waals surface area contributed by atoms with Crippen LogP contribution in [0, 0.1) is 11.7 Å². The molecular weight excluding hydrogens is 395 g/mol. The second-order valence-electron chi connectivity index (χ2n) is 7.22. The first kappa shape index (κ1) is 23.4. The number of nitrogens with one attached hydrogen (secondary N) is 3. The molecule has 0 spiro atoms. The van der Waals surface area contributed by atoms with Crippen LogP contribution in [0.2, 0.25) is 0 Å². The standard InChI is InChI=1S/C20H33FN4O3S/c1-4-22-20(23-11-6-12-24-29(26,27)5-2)25-15(3)17-9-10-19(18(21)13-17)28-14-16-7-8-16/h9-10,13,15-16,24H,4-8,11-12,14H2,1-3H3,(H2,22,23,25). The van der Waals surface area contributed by atoms with Gasteiger partial charge in [0.05, 0.1) is 18.4 Å². The van der Waals surface area contributed by atoms with Crippen molar-refractivity contribution in [3.05, 3.63) is 29.6 Å². The fourth-order valence-corrected chi connectivity index (χ4v) is 3.26. The molecule has 9 heteroatoms. The van der Waals surface area contributed by atoms with Gasteiger partial charge in [0.2, 0.25) is 10.0 Å². The third kappa shape index (κ3) is 8.57. The van der Waals surface area contributed by atoms with E-state index in [-0.39, 0.29) is 17.6 Å². The van der Waals surface area contributed by atoms with Crippen LogP contribution < -0.4 is 20.1 Å². The summed E-state index contributed by atoms with van der Waals surface area (Å²) in [7, 11) is -3.17. The molecule has 1 atom stereocenters. The molecule has 0 bridgehead atoms. The van der Waals surface area contributed by atoms with E-state index in [2.05, 4.69) is 20.3 Å². The predicted molar refractivity (Wildman–Crippen MR) is 114 cm³/mol. The zero-order valence-electron chi connectivity index (χ0n) is 17.5. The van der Waals surface area contributed by atoms with Gasteiger partial charge in [-0.15, -0.1) is 0 Å². The maximum atomic E-state index is 14.3. The summed E-state index contributed by atoms with van der Waals surface area (Å²) in [6.45, 7) is 7.58. The zero-order valence-corrected chi connectivity index (χ0v) is 18.3. The molecule has 1 aromatic carbocycles. The summed E-state index contributed by atoms with van der Waals surface area (Å²) in [6, 6.07) is 4.86. The van der Waals surface area contributed by atoms with Crippen molar-refractivity contribution in [1.82, 2.24) is 15.4 Å². The number of hydrogen-bond acceptors (Lipinski definition) is 4. The third-order valence-electron chi connectivity index (χ3n) is 4.63. The molecular formula is C20H33FN4O3S. The molecule has 7 nitrogen and oxygen atoms in total. The summed E-state index contributed by atoms with van der Waals surface area (Å²) in [6.07, 6.45) is 2.92. The molecule has 0 heterocycles. The van der Waals surface area contributed by atoms with Crippen LogP contribution in [0.4, 0.5) is 4.39 Å². The van der Waals surface area contributed by atoms with Crippen LogP contribution in [0.3, 0.4) is 0 Å². The molecule has 1 aromatic rings. The molecule has 1 aliphatic carbocycles. The average Bonchev–Trinajstić information content (AvgIpc) is 3.51. The maximum Gasteiger partial charge on any atom is 0.211 e. The molecule has 1 saturated carbocycles. The van der Waals surface area contributed by atoms with Gasteiger partial charge in [-0.3, -0.25) is 4.99 Å². The van der Waals surface area contributed by atoms with Gasteiger partial charge in [-0.05, 0) is 63.6 Å². The van der Waals surface area contributed by atoms with Crippen LogP contribution in [-0.4, -0.2) is 46.4 Å². The maximum absolute atomic E-state index is 14.3. The Bertz CT molecular complexity index is 782. The molecule has 164 valence electrons. The Labute approximate surface area is 173 Å². The lowest BCUT2D eigenvalue weighted by atomic mass is 10.1. The number of halogens is 1. The van der Waals surface area contributed by atoms with Crippen molar-refractivity contribution in [2.75, 3.05) is 32.0 Å². The van der Waals surface area contributed by atoms with Crippen molar-refractivity contribution in [3.63, 3.8) is 0 Å². The fraction of sp³-hybridized carbons (Fsp3) is 0.650. The molecule has 0 aliphatic heterocycles. The van der Waals surface area contributed by atoms with Gasteiger partial charge < -0.3 is 15.4 Å². The number of nitrogens with zero attached hydrogens (tertiary/aromatic N) is 1. The molecule has 0 radical (unpaired) electrons. The van der Waals surface area contributed by atoms with Crippen LogP contribution in [-0.2, 0) is 10.0 Å². The molecule has 29 heavy (non-hydrogen) atoms. The first-order valence-corrected chi connectivity index (χ1v) is 11.9. The molecule has 2 rings (SSSR count). The van der Waals surface area contributed by atoms with E-state index >= 15 is 0 Å². The number of guanidine groups is 1. The second kappa shape index (κ2) is 11.3. The van der Waals surface area contributed by atoms with Gasteiger partial charge in [-0.1, -0.05) is 6.07 Å². The fourth-order valence-electron chi connectivity index (χ4n) is 2.60. The van der Waals surface area contributed by atoms with E-state index in [9.17, 15) is 12.8 Å². The van der Waals surface area contributed by atoms with Crippen LogP contribution >= 0.6 is 0 Å². The van der Waals surface area contributed by atoms with E-state index < -0.39 is 10.0 Å². The van der Waals surface area contributed by atoms with E-state index in [1.165, 1.54) is 6.07 Å². The quantitative estimate of drug-likeness (QED) is 0.270. The normalized spacial score (nSPS) is 15.8. The SMILES string of the molecule is CCNC(=NCCCNS(=O)(=O)CC)NC(C)c1ccc(OCC2CC2)c(F)c1. The van der Waals surface area contributed by atoms with Crippen LogP contribution in [0.15, 0.2) is 23.2 Å². The highest BCUT2D eigenvalue weighted by atomic mass is 32.2. The van der Waals surface area contributed by atoms with Crippen LogP contribution in [0.5, 0.6) is 5.75 Å². The first-order valence-electron chi connectivity index (χ1n) is 10.3. The highest BCUT2D eigenvalue weighted by molar-refractivity contribution is 7.89. The lowest BCUT2D eigenvalue weighted by Crippen LogP contribution is -2.39. The largest absolute Gasteiger partial charge is 0.490 e. The lowest BCUT2D eigenvalue weighted by molar-refractivity contribution is 0.285. The summed E-state index contributed by atoms with van der Waals surface area (Å²) in [5.41, 5.74) is 0.794. The Morgan fingerprint density at radius 1 is 1.34 bits per heavy atom. The van der Waals surface area contributed by atoms with Crippen molar-refractivity contribution in [1.29, 1.82) is 0 Å². The number of ether oxygens (including phenoxy) is 1. The highest BCUT2D eigenvalue weighted by Gasteiger charge is 2.22. The monoisotopic (exact) mass is 428 g/mol. The Morgan fingerprint density at radius 2 is 2.10 bits per heavy atom. The number of benzene rings is 1. The van der Waals surface area contributed by atoms with E-state index in [1.54, 1.807) is 13.0 Å². The summed E-state index contributed by atoms with van der Waals surface area (Å²) >= 11 is 0. The van der Waals surface area contributed by atoms with E-state index in [4.69, 9.17) is 4.74 Å². The Balaban J connectivity index is 1.86. The van der Waals surface area contributed by atoms with Gasteiger partial charge in [0.25, 0.3) is 0 Å². The van der Waals surface area contributed by atoms with E-state index in [0.29, 0.717) is 50.3 Å². The smallest absolute Gasteiger partial charge is 0.211 e. The Kier molecular flexibility index (Phi) is 9.16. The van der Waals surface area contributed by atoms with Crippen molar-refractivity contribution < 1.29 is 17.5 Å². The van der Waals surface area contributed by atoms with Gasteiger partial charge in [0.1, 0.15) is 0 Å². The molecule has 1 unspecified atom stereocenters. The van der Waals surface area contributed by atoms with Crippen molar-refractivity contribution in [2.24, 2.45) is 10.9 Å². The Hall–Kier alpha value is -1.87. The number of sulfonamides is 1. The van der Waals surface area contributed by atoms with E-state index in [0.717, 1.165) is 18.4 Å². The molecule has 1 fully saturated rings. The summed E-state index contributed by atoms with van der Waals surface area (Å²) in [5.74, 6) is 1.18. The zero-order chi connectivity index (χ0) is 21.3. The number of rotatable bonds is 12. The molecule has 0 saturated heterocycles. The van der Waals surface area contributed by atoms with Gasteiger partial charge >= 0.3 is 0 Å². The van der Waals surface area contributed by atoms with Gasteiger partial charge in [-0.25, -0.2) is 17.5 Å². The molecule has 0 aromatic heterocycles. The van der Waals surface area contributed by atoms with Crippen LogP contribution in [0.25, 0.3) is 0 Å². The second-order valence-corrected chi connectivity index (χ2v) is 9.32. The third-order valence-corrected chi connectivity index (χ3v) is 6.04.